The van der Waals surface area contributed by atoms with Crippen molar-refractivity contribution < 1.29 is 14.0 Å². The van der Waals surface area contributed by atoms with Gasteiger partial charge in [-0.3, -0.25) is 19.5 Å². The lowest BCUT2D eigenvalue weighted by molar-refractivity contribution is 0.0596. The summed E-state index contributed by atoms with van der Waals surface area (Å²) in [6.07, 6.45) is 9.49. The van der Waals surface area contributed by atoms with Gasteiger partial charge >= 0.3 is 0 Å². The van der Waals surface area contributed by atoms with Gasteiger partial charge in [0.25, 0.3) is 11.8 Å². The molecule has 45 heavy (non-hydrogen) atoms. The van der Waals surface area contributed by atoms with E-state index in [1.165, 1.54) is 23.9 Å². The van der Waals surface area contributed by atoms with Gasteiger partial charge in [0.05, 0.1) is 11.6 Å². The van der Waals surface area contributed by atoms with Crippen molar-refractivity contribution in [2.45, 2.75) is 57.2 Å². The maximum absolute atomic E-state index is 13.7. The lowest BCUT2D eigenvalue weighted by atomic mass is 9.95. The summed E-state index contributed by atoms with van der Waals surface area (Å²) in [7, 11) is 0. The van der Waals surface area contributed by atoms with Crippen molar-refractivity contribution in [1.82, 2.24) is 19.4 Å². The smallest absolute Gasteiger partial charge is 0.270 e. The Balaban J connectivity index is 0.000000383. The Kier molecular flexibility index (Phi) is 10.7. The molecule has 0 aliphatic carbocycles. The van der Waals surface area contributed by atoms with E-state index >= 15 is 0 Å². The molecule has 0 spiro atoms. The molecule has 8 nitrogen and oxygen atoms in total. The van der Waals surface area contributed by atoms with Gasteiger partial charge in [-0.05, 0) is 98.2 Å². The zero-order valence-corrected chi connectivity index (χ0v) is 25.4. The standard InChI is InChI=1S/C30H33FN4O.C6H6N2O/c31-26-12-10-23(11-13-26)20-28-4-1-2-16-35(28)30(36)29-5-3-17-34(29)27-14-18-33(19-15-27)22-25-8-6-24(21-32)7-9-25;7-6(9)5-3-1-2-4-8-5/h3,5-13,17,27-28H,1-2,4,14-16,18-20,22H2;1-4H,(H2,7,9). The van der Waals surface area contributed by atoms with Gasteiger partial charge in [0.2, 0.25) is 0 Å². The largest absolute Gasteiger partial charge is 0.364 e. The van der Waals surface area contributed by atoms with Gasteiger partial charge < -0.3 is 15.2 Å². The number of rotatable bonds is 7. The van der Waals surface area contributed by atoms with Gasteiger partial charge in [-0.15, -0.1) is 0 Å². The molecule has 2 saturated heterocycles. The predicted octanol–water partition coefficient (Wildman–Crippen LogP) is 5.75. The van der Waals surface area contributed by atoms with E-state index in [0.29, 0.717) is 17.3 Å². The van der Waals surface area contributed by atoms with Crippen molar-refractivity contribution in [2.24, 2.45) is 5.73 Å². The van der Waals surface area contributed by atoms with Crippen LogP contribution in [0.1, 0.15) is 75.8 Å². The zero-order chi connectivity index (χ0) is 31.6. The van der Waals surface area contributed by atoms with E-state index < -0.39 is 5.91 Å². The number of amides is 2. The second-order valence-corrected chi connectivity index (χ2v) is 11.7. The SMILES string of the molecule is N#Cc1ccc(CN2CCC(n3cccc3C(=O)N3CCCCC3Cc3ccc(F)cc3)CC2)cc1.NC(=O)c1ccccn1. The van der Waals surface area contributed by atoms with Gasteiger partial charge in [0.1, 0.15) is 17.2 Å². The van der Waals surface area contributed by atoms with Crippen molar-refractivity contribution in [3.05, 3.63) is 125 Å². The van der Waals surface area contributed by atoms with E-state index in [0.717, 1.165) is 76.0 Å². The van der Waals surface area contributed by atoms with Crippen molar-refractivity contribution in [3.63, 3.8) is 0 Å². The average Bonchev–Trinajstić information content (AvgIpc) is 3.57. The topological polar surface area (TPSA) is 108 Å². The summed E-state index contributed by atoms with van der Waals surface area (Å²) in [6.45, 7) is 3.62. The molecular weight excluding hydrogens is 567 g/mol. The van der Waals surface area contributed by atoms with Crippen molar-refractivity contribution in [3.8, 4) is 6.07 Å². The first-order valence-electron chi connectivity index (χ1n) is 15.6. The second-order valence-electron chi connectivity index (χ2n) is 11.7. The first kappa shape index (κ1) is 31.6. The van der Waals surface area contributed by atoms with E-state index in [1.54, 1.807) is 18.2 Å². The number of likely N-dealkylation sites (tertiary alicyclic amines) is 2. The highest BCUT2D eigenvalue weighted by atomic mass is 19.1. The van der Waals surface area contributed by atoms with Crippen LogP contribution < -0.4 is 5.73 Å². The normalized spacial score (nSPS) is 17.2. The quantitative estimate of drug-likeness (QED) is 0.288. The number of nitrogens with zero attached hydrogens (tertiary/aromatic N) is 5. The number of hydrogen-bond donors (Lipinski definition) is 1. The summed E-state index contributed by atoms with van der Waals surface area (Å²) in [5.41, 5.74) is 8.99. The number of pyridine rings is 1. The van der Waals surface area contributed by atoms with E-state index in [9.17, 15) is 14.0 Å². The lowest BCUT2D eigenvalue weighted by Crippen LogP contribution is -2.45. The highest BCUT2D eigenvalue weighted by Gasteiger charge is 2.31. The molecule has 6 rings (SSSR count). The number of hydrogen-bond acceptors (Lipinski definition) is 5. The highest BCUT2D eigenvalue weighted by Crippen LogP contribution is 2.28. The second kappa shape index (κ2) is 15.3. The summed E-state index contributed by atoms with van der Waals surface area (Å²) in [4.78, 5) is 32.3. The third-order valence-corrected chi connectivity index (χ3v) is 8.63. The highest BCUT2D eigenvalue weighted by molar-refractivity contribution is 5.93. The van der Waals surface area contributed by atoms with E-state index in [-0.39, 0.29) is 17.8 Å². The van der Waals surface area contributed by atoms with Gasteiger partial charge in [-0.1, -0.05) is 30.3 Å². The Morgan fingerprint density at radius 1 is 0.889 bits per heavy atom. The Morgan fingerprint density at radius 2 is 1.62 bits per heavy atom. The molecule has 2 aromatic heterocycles. The number of benzene rings is 2. The van der Waals surface area contributed by atoms with Crippen LogP contribution >= 0.6 is 0 Å². The van der Waals surface area contributed by atoms with E-state index in [1.807, 2.05) is 48.5 Å². The number of primary amides is 1. The van der Waals surface area contributed by atoms with Crippen LogP contribution in [0.4, 0.5) is 4.39 Å². The minimum Gasteiger partial charge on any atom is -0.364 e. The molecule has 232 valence electrons. The molecule has 2 aliphatic rings. The van der Waals surface area contributed by atoms with Crippen LogP contribution in [0.3, 0.4) is 0 Å². The summed E-state index contributed by atoms with van der Waals surface area (Å²) < 4.78 is 15.6. The minimum absolute atomic E-state index is 0.117. The summed E-state index contributed by atoms with van der Waals surface area (Å²) >= 11 is 0. The first-order valence-corrected chi connectivity index (χ1v) is 15.6. The number of aromatic nitrogens is 2. The molecular formula is C36H39FN6O2. The predicted molar refractivity (Wildman–Crippen MR) is 171 cm³/mol. The number of nitriles is 1. The summed E-state index contributed by atoms with van der Waals surface area (Å²) in [5, 5.41) is 9.00. The van der Waals surface area contributed by atoms with Gasteiger partial charge in [-0.2, -0.15) is 5.26 Å². The van der Waals surface area contributed by atoms with E-state index in [2.05, 4.69) is 31.6 Å². The molecule has 0 saturated carbocycles. The van der Waals surface area contributed by atoms with Gasteiger partial charge in [0.15, 0.2) is 0 Å². The molecule has 2 fully saturated rings. The molecule has 0 radical (unpaired) electrons. The fourth-order valence-corrected chi connectivity index (χ4v) is 6.22. The third kappa shape index (κ3) is 8.43. The molecule has 2 aromatic carbocycles. The van der Waals surface area contributed by atoms with Crippen LogP contribution in [0.25, 0.3) is 0 Å². The summed E-state index contributed by atoms with van der Waals surface area (Å²) in [6, 6.07) is 26.1. The van der Waals surface area contributed by atoms with Crippen LogP contribution in [-0.4, -0.2) is 56.8 Å². The molecule has 2 N–H and O–H groups in total. The molecule has 2 aliphatic heterocycles. The zero-order valence-electron chi connectivity index (χ0n) is 25.4. The fraction of sp³-hybridized carbons (Fsp3) is 0.333. The van der Waals surface area contributed by atoms with Gasteiger partial charge in [0, 0.05) is 50.7 Å². The van der Waals surface area contributed by atoms with Crippen LogP contribution in [-0.2, 0) is 13.0 Å². The van der Waals surface area contributed by atoms with E-state index in [4.69, 9.17) is 11.0 Å². The molecule has 2 amide bonds. The Hall–Kier alpha value is -4.81. The van der Waals surface area contributed by atoms with Crippen LogP contribution in [0.15, 0.2) is 91.3 Å². The number of nitrogens with two attached hydrogens (primary N) is 1. The number of piperidine rings is 2. The first-order chi connectivity index (χ1) is 21.9. The number of carbonyl (C=O) groups excluding carboxylic acids is 2. The monoisotopic (exact) mass is 606 g/mol. The molecule has 4 aromatic rings. The molecule has 4 heterocycles. The minimum atomic E-state index is -0.490. The van der Waals surface area contributed by atoms with Crippen LogP contribution in [0.2, 0.25) is 0 Å². The lowest BCUT2D eigenvalue weighted by Gasteiger charge is -2.37. The van der Waals surface area contributed by atoms with Crippen molar-refractivity contribution >= 4 is 11.8 Å². The summed E-state index contributed by atoms with van der Waals surface area (Å²) in [5.74, 6) is -0.599. The molecule has 9 heteroatoms. The van der Waals surface area contributed by atoms with Crippen molar-refractivity contribution in [2.75, 3.05) is 19.6 Å². The average molecular weight is 607 g/mol. The Bertz CT molecular complexity index is 1590. The number of carbonyl (C=O) groups is 2. The number of halogens is 1. The third-order valence-electron chi connectivity index (χ3n) is 8.63. The molecule has 1 unspecified atom stereocenters. The molecule has 0 bridgehead atoms. The Labute approximate surface area is 263 Å². The molecule has 1 atom stereocenters. The van der Waals surface area contributed by atoms with Crippen molar-refractivity contribution in [1.29, 1.82) is 5.26 Å². The maximum Gasteiger partial charge on any atom is 0.270 e. The van der Waals surface area contributed by atoms with Crippen LogP contribution in [0.5, 0.6) is 0 Å². The maximum atomic E-state index is 13.7. The Morgan fingerprint density at radius 3 is 2.27 bits per heavy atom. The van der Waals surface area contributed by atoms with Crippen LogP contribution in [0, 0.1) is 17.1 Å². The fourth-order valence-electron chi connectivity index (χ4n) is 6.22. The van der Waals surface area contributed by atoms with Gasteiger partial charge in [-0.25, -0.2) is 4.39 Å².